The van der Waals surface area contributed by atoms with Crippen LogP contribution in [0.25, 0.3) is 0 Å². The molecule has 88 valence electrons. The molecule has 1 fully saturated rings. The van der Waals surface area contributed by atoms with Crippen molar-refractivity contribution >= 4 is 11.9 Å². The van der Waals surface area contributed by atoms with Gasteiger partial charge in [-0.3, -0.25) is 9.69 Å². The van der Waals surface area contributed by atoms with Crippen molar-refractivity contribution in [2.45, 2.75) is 19.4 Å². The van der Waals surface area contributed by atoms with Crippen LogP contribution in [0.3, 0.4) is 0 Å². The SMILES string of the molecule is CCN1C(=O)C2c3ccccc3CCN2C1=O. The van der Waals surface area contributed by atoms with Crippen LogP contribution in [0.2, 0.25) is 0 Å². The third-order valence-electron chi connectivity index (χ3n) is 3.58. The Balaban J connectivity index is 2.09. The second-order valence-electron chi connectivity index (χ2n) is 4.41. The van der Waals surface area contributed by atoms with Crippen LogP contribution in [0.5, 0.6) is 0 Å². The third-order valence-corrected chi connectivity index (χ3v) is 3.58. The van der Waals surface area contributed by atoms with Crippen molar-refractivity contribution in [1.29, 1.82) is 0 Å². The highest BCUT2D eigenvalue weighted by atomic mass is 16.2. The number of amides is 3. The number of benzene rings is 1. The van der Waals surface area contributed by atoms with Crippen molar-refractivity contribution < 1.29 is 9.59 Å². The molecule has 2 heterocycles. The molecule has 2 aliphatic heterocycles. The highest BCUT2D eigenvalue weighted by Gasteiger charge is 2.47. The van der Waals surface area contributed by atoms with Gasteiger partial charge in [-0.2, -0.15) is 0 Å². The Kier molecular flexibility index (Phi) is 2.18. The van der Waals surface area contributed by atoms with Crippen molar-refractivity contribution in [3.8, 4) is 0 Å². The summed E-state index contributed by atoms with van der Waals surface area (Å²) >= 11 is 0. The summed E-state index contributed by atoms with van der Waals surface area (Å²) in [5.41, 5.74) is 2.18. The zero-order chi connectivity index (χ0) is 12.0. The maximum atomic E-state index is 12.2. The predicted molar refractivity (Wildman–Crippen MR) is 62.4 cm³/mol. The number of likely N-dealkylation sites (N-methyl/N-ethyl adjacent to an activating group) is 1. The van der Waals surface area contributed by atoms with E-state index >= 15 is 0 Å². The van der Waals surface area contributed by atoms with Gasteiger partial charge >= 0.3 is 6.03 Å². The van der Waals surface area contributed by atoms with Crippen molar-refractivity contribution in [3.05, 3.63) is 35.4 Å². The van der Waals surface area contributed by atoms with Crippen LogP contribution in [0.15, 0.2) is 24.3 Å². The number of hydrogen-bond acceptors (Lipinski definition) is 2. The topological polar surface area (TPSA) is 40.6 Å². The van der Waals surface area contributed by atoms with Gasteiger partial charge in [-0.1, -0.05) is 24.3 Å². The maximum Gasteiger partial charge on any atom is 0.327 e. The van der Waals surface area contributed by atoms with Gasteiger partial charge in [-0.25, -0.2) is 4.79 Å². The summed E-state index contributed by atoms with van der Waals surface area (Å²) in [6, 6.07) is 7.38. The van der Waals surface area contributed by atoms with Crippen LogP contribution in [0.1, 0.15) is 24.1 Å². The molecule has 17 heavy (non-hydrogen) atoms. The minimum atomic E-state index is -0.382. The first-order chi connectivity index (χ1) is 8.24. The quantitative estimate of drug-likeness (QED) is 0.687. The summed E-state index contributed by atoms with van der Waals surface area (Å²) in [7, 11) is 0. The Labute approximate surface area is 99.8 Å². The molecule has 4 heteroatoms. The molecule has 0 spiro atoms. The lowest BCUT2D eigenvalue weighted by molar-refractivity contribution is -0.128. The molecule has 1 aromatic carbocycles. The third kappa shape index (κ3) is 1.30. The fraction of sp³-hybridized carbons (Fsp3) is 0.385. The molecule has 0 aromatic heterocycles. The van der Waals surface area contributed by atoms with E-state index in [1.54, 1.807) is 4.90 Å². The molecule has 4 nitrogen and oxygen atoms in total. The van der Waals surface area contributed by atoms with E-state index in [-0.39, 0.29) is 18.0 Å². The van der Waals surface area contributed by atoms with Crippen LogP contribution in [0, 0.1) is 0 Å². The monoisotopic (exact) mass is 230 g/mol. The molecule has 1 unspecified atom stereocenters. The molecule has 1 aromatic rings. The lowest BCUT2D eigenvalue weighted by atomic mass is 9.93. The fourth-order valence-electron chi connectivity index (χ4n) is 2.73. The van der Waals surface area contributed by atoms with Gasteiger partial charge in [0, 0.05) is 13.1 Å². The number of rotatable bonds is 1. The zero-order valence-corrected chi connectivity index (χ0v) is 9.72. The summed E-state index contributed by atoms with van der Waals surface area (Å²) in [5, 5.41) is 0. The Morgan fingerprint density at radius 2 is 2.06 bits per heavy atom. The van der Waals surface area contributed by atoms with Crippen molar-refractivity contribution in [1.82, 2.24) is 9.80 Å². The second kappa shape index (κ2) is 3.58. The van der Waals surface area contributed by atoms with Crippen LogP contribution >= 0.6 is 0 Å². The van der Waals surface area contributed by atoms with Crippen molar-refractivity contribution in [3.63, 3.8) is 0 Å². The molecule has 1 saturated heterocycles. The largest absolute Gasteiger partial charge is 0.327 e. The normalized spacial score (nSPS) is 22.8. The first-order valence-corrected chi connectivity index (χ1v) is 5.94. The van der Waals surface area contributed by atoms with E-state index in [0.29, 0.717) is 13.1 Å². The Hall–Kier alpha value is -1.84. The first kappa shape index (κ1) is 10.3. The zero-order valence-electron chi connectivity index (χ0n) is 9.72. The molecule has 0 saturated carbocycles. The van der Waals surface area contributed by atoms with Gasteiger partial charge in [0.15, 0.2) is 0 Å². The van der Waals surface area contributed by atoms with Crippen LogP contribution in [-0.4, -0.2) is 34.8 Å². The van der Waals surface area contributed by atoms with E-state index < -0.39 is 0 Å². The lowest BCUT2D eigenvalue weighted by Crippen LogP contribution is -2.36. The lowest BCUT2D eigenvalue weighted by Gasteiger charge is -2.28. The number of carbonyl (C=O) groups is 2. The number of carbonyl (C=O) groups excluding carboxylic acids is 2. The van der Waals surface area contributed by atoms with E-state index in [1.165, 1.54) is 10.5 Å². The number of fused-ring (bicyclic) bond motifs is 3. The highest BCUT2D eigenvalue weighted by molar-refractivity contribution is 6.05. The molecule has 2 aliphatic rings. The van der Waals surface area contributed by atoms with E-state index in [9.17, 15) is 9.59 Å². The van der Waals surface area contributed by atoms with Gasteiger partial charge in [-0.15, -0.1) is 0 Å². The first-order valence-electron chi connectivity index (χ1n) is 5.94. The van der Waals surface area contributed by atoms with Gasteiger partial charge in [0.05, 0.1) is 0 Å². The second-order valence-corrected chi connectivity index (χ2v) is 4.41. The summed E-state index contributed by atoms with van der Waals surface area (Å²) in [6.07, 6.45) is 0.837. The van der Waals surface area contributed by atoms with Gasteiger partial charge in [0.2, 0.25) is 0 Å². The predicted octanol–water partition coefficient (Wildman–Crippen LogP) is 1.57. The molecule has 0 aliphatic carbocycles. The number of urea groups is 1. The molecule has 0 bridgehead atoms. The molecule has 3 amide bonds. The van der Waals surface area contributed by atoms with Crippen molar-refractivity contribution in [2.24, 2.45) is 0 Å². The van der Waals surface area contributed by atoms with Crippen LogP contribution in [0.4, 0.5) is 4.79 Å². The van der Waals surface area contributed by atoms with E-state index in [0.717, 1.165) is 12.0 Å². The Bertz CT molecular complexity index is 498. The highest BCUT2D eigenvalue weighted by Crippen LogP contribution is 2.36. The van der Waals surface area contributed by atoms with Gasteiger partial charge in [-0.05, 0) is 24.5 Å². The summed E-state index contributed by atoms with van der Waals surface area (Å²) in [5.74, 6) is -0.0790. The summed E-state index contributed by atoms with van der Waals surface area (Å²) in [6.45, 7) is 2.93. The summed E-state index contributed by atoms with van der Waals surface area (Å²) in [4.78, 5) is 27.3. The fourth-order valence-corrected chi connectivity index (χ4v) is 2.73. The Morgan fingerprint density at radius 3 is 2.82 bits per heavy atom. The maximum absolute atomic E-state index is 12.2. The van der Waals surface area contributed by atoms with Gasteiger partial charge in [0.25, 0.3) is 5.91 Å². The molecule has 1 atom stereocenters. The van der Waals surface area contributed by atoms with Crippen molar-refractivity contribution in [2.75, 3.05) is 13.1 Å². The average Bonchev–Trinajstić information content (AvgIpc) is 2.61. The minimum Gasteiger partial charge on any atom is -0.308 e. The standard InChI is InChI=1S/C13H14N2O2/c1-2-14-12(16)11-10-6-4-3-5-9(10)7-8-15(11)13(14)17/h3-6,11H,2,7-8H2,1H3. The summed E-state index contributed by atoms with van der Waals surface area (Å²) < 4.78 is 0. The number of nitrogens with zero attached hydrogens (tertiary/aromatic N) is 2. The molecular formula is C13H14N2O2. The van der Waals surface area contributed by atoms with E-state index in [2.05, 4.69) is 0 Å². The van der Waals surface area contributed by atoms with Gasteiger partial charge in [0.1, 0.15) is 6.04 Å². The molecule has 3 rings (SSSR count). The smallest absolute Gasteiger partial charge is 0.308 e. The van der Waals surface area contributed by atoms with Crippen LogP contribution in [-0.2, 0) is 11.2 Å². The van der Waals surface area contributed by atoms with Crippen LogP contribution < -0.4 is 0 Å². The average molecular weight is 230 g/mol. The van der Waals surface area contributed by atoms with Gasteiger partial charge < -0.3 is 4.90 Å². The molecule has 0 radical (unpaired) electrons. The van der Waals surface area contributed by atoms with E-state index in [1.807, 2.05) is 31.2 Å². The molecular weight excluding hydrogens is 216 g/mol. The molecule has 0 N–H and O–H groups in total. The number of hydrogen-bond donors (Lipinski definition) is 0. The Morgan fingerprint density at radius 1 is 1.29 bits per heavy atom. The minimum absolute atomic E-state index is 0.0790. The number of imide groups is 1. The van der Waals surface area contributed by atoms with E-state index in [4.69, 9.17) is 0 Å².